The maximum atomic E-state index is 7.56. The molecule has 0 bridgehead atoms. The highest BCUT2D eigenvalue weighted by molar-refractivity contribution is 5.69. The van der Waals surface area contributed by atoms with E-state index in [4.69, 9.17) is 5.21 Å². The number of hydrogen-bond donors (Lipinski definition) is 1. The zero-order chi connectivity index (χ0) is 4.12. The minimum absolute atomic E-state index is 1.19. The minimum atomic E-state index is 1.19. The lowest BCUT2D eigenvalue weighted by molar-refractivity contribution is 0.322. The van der Waals surface area contributed by atoms with Crippen molar-refractivity contribution in [3.05, 3.63) is 12.7 Å². The first kappa shape index (κ1) is 4.21. The minimum Gasteiger partial charge on any atom is -0.411 e. The highest BCUT2D eigenvalue weighted by Gasteiger charge is 1.44. The third-order valence-electron chi connectivity index (χ3n) is 0.172. The summed E-state index contributed by atoms with van der Waals surface area (Å²) < 4.78 is 0. The van der Waals surface area contributed by atoms with Crippen LogP contribution in [0.25, 0.3) is 0 Å². The molecule has 0 aliphatic carbocycles. The Bertz CT molecular complexity index is 48.9. The fraction of sp³-hybridized carbons (Fsp3) is 0. The van der Waals surface area contributed by atoms with Gasteiger partial charge in [-0.25, -0.2) is 0 Å². The summed E-state index contributed by atoms with van der Waals surface area (Å²) in [6.45, 7) is 3.24. The summed E-state index contributed by atoms with van der Waals surface area (Å²) in [6.07, 6.45) is 2.58. The van der Waals surface area contributed by atoms with Gasteiger partial charge in [0.05, 0.1) is 6.21 Å². The predicted octanol–water partition coefficient (Wildman–Crippen LogP) is 0.632. The molecule has 0 rings (SSSR count). The van der Waals surface area contributed by atoms with Gasteiger partial charge in [-0.05, 0) is 6.08 Å². The molecule has 0 spiro atoms. The van der Waals surface area contributed by atoms with Crippen molar-refractivity contribution in [2.24, 2.45) is 5.16 Å². The van der Waals surface area contributed by atoms with Gasteiger partial charge < -0.3 is 5.21 Å². The molecule has 0 radical (unpaired) electrons. The quantitative estimate of drug-likeness (QED) is 0.274. The Morgan fingerprint density at radius 2 is 2.40 bits per heavy atom. The molecule has 0 aromatic heterocycles. The average Bonchev–Trinajstić information content (AvgIpc) is 1.41. The number of allylic oxidation sites excluding steroid dienone is 1. The summed E-state index contributed by atoms with van der Waals surface area (Å²) in [6, 6.07) is 0. The van der Waals surface area contributed by atoms with Crippen LogP contribution in [0.4, 0.5) is 0 Å². The highest BCUT2D eigenvalue weighted by atomic mass is 16.4. The second-order valence-corrected chi connectivity index (χ2v) is 0.500. The van der Waals surface area contributed by atoms with Crippen LogP contribution in [0.3, 0.4) is 0 Å². The first-order valence-corrected chi connectivity index (χ1v) is 1.20. The van der Waals surface area contributed by atoms with Gasteiger partial charge in [0, 0.05) is 0 Å². The topological polar surface area (TPSA) is 32.6 Å². The number of hydrogen-bond acceptors (Lipinski definition) is 2. The van der Waals surface area contributed by atoms with E-state index < -0.39 is 0 Å². The Morgan fingerprint density at radius 3 is 2.40 bits per heavy atom. The fourth-order valence-electron chi connectivity index (χ4n) is 0.0471. The van der Waals surface area contributed by atoms with Gasteiger partial charge in [0.1, 0.15) is 0 Å². The Kier molecular flexibility index (Phi) is 2.70. The number of oxime groups is 1. The molecule has 0 heterocycles. The highest BCUT2D eigenvalue weighted by Crippen LogP contribution is 1.48. The van der Waals surface area contributed by atoms with Gasteiger partial charge >= 0.3 is 0 Å². The molecule has 0 amide bonds. The Labute approximate surface area is 30.4 Å². The SMILES string of the molecule is C=CC=NO. The zero-order valence-corrected chi connectivity index (χ0v) is 2.76. The average molecular weight is 71.1 g/mol. The van der Waals surface area contributed by atoms with E-state index in [1.165, 1.54) is 12.3 Å². The van der Waals surface area contributed by atoms with E-state index in [9.17, 15) is 0 Å². The Hall–Kier alpha value is -0.790. The molecule has 0 aliphatic heterocycles. The van der Waals surface area contributed by atoms with Crippen LogP contribution < -0.4 is 0 Å². The third-order valence-corrected chi connectivity index (χ3v) is 0.172. The van der Waals surface area contributed by atoms with Crippen LogP contribution in [-0.2, 0) is 0 Å². The van der Waals surface area contributed by atoms with Crippen molar-refractivity contribution in [1.29, 1.82) is 0 Å². The van der Waals surface area contributed by atoms with Gasteiger partial charge in [0.15, 0.2) is 0 Å². The summed E-state index contributed by atoms with van der Waals surface area (Å²) in [7, 11) is 0. The predicted molar refractivity (Wildman–Crippen MR) is 20.5 cm³/mol. The molecule has 5 heavy (non-hydrogen) atoms. The molecule has 0 saturated carbocycles. The molecular weight excluding hydrogens is 66.0 g/mol. The summed E-state index contributed by atoms with van der Waals surface area (Å²) in [4.78, 5) is 0. The standard InChI is InChI=1S/C3H5NO/c1-2-3-4-5/h2-3,5H,1H2. The van der Waals surface area contributed by atoms with E-state index in [-0.39, 0.29) is 0 Å². The first-order valence-electron chi connectivity index (χ1n) is 1.20. The van der Waals surface area contributed by atoms with Crippen molar-refractivity contribution in [2.75, 3.05) is 0 Å². The number of nitrogens with zero attached hydrogens (tertiary/aromatic N) is 1. The van der Waals surface area contributed by atoms with Crippen molar-refractivity contribution in [3.63, 3.8) is 0 Å². The zero-order valence-electron chi connectivity index (χ0n) is 2.76. The van der Waals surface area contributed by atoms with Crippen LogP contribution >= 0.6 is 0 Å². The maximum absolute atomic E-state index is 7.56. The van der Waals surface area contributed by atoms with Gasteiger partial charge in [-0.3, -0.25) is 0 Å². The second kappa shape index (κ2) is 3.21. The van der Waals surface area contributed by atoms with Crippen LogP contribution in [0.15, 0.2) is 17.8 Å². The molecule has 0 fully saturated rings. The van der Waals surface area contributed by atoms with E-state index in [1.807, 2.05) is 0 Å². The van der Waals surface area contributed by atoms with Crippen LogP contribution in [0, 0.1) is 0 Å². The summed E-state index contributed by atoms with van der Waals surface area (Å²) >= 11 is 0. The first-order chi connectivity index (χ1) is 2.41. The fourth-order valence-corrected chi connectivity index (χ4v) is 0.0471. The van der Waals surface area contributed by atoms with E-state index in [0.717, 1.165) is 0 Å². The normalized spacial score (nSPS) is 8.80. The van der Waals surface area contributed by atoms with Crippen molar-refractivity contribution in [1.82, 2.24) is 0 Å². The smallest absolute Gasteiger partial charge is 0.0655 e. The second-order valence-electron chi connectivity index (χ2n) is 0.500. The molecule has 28 valence electrons. The molecule has 0 aromatic carbocycles. The van der Waals surface area contributed by atoms with Crippen LogP contribution in [-0.4, -0.2) is 11.4 Å². The summed E-state index contributed by atoms with van der Waals surface area (Å²) in [5.74, 6) is 0. The monoisotopic (exact) mass is 71.0 g/mol. The molecule has 2 nitrogen and oxygen atoms in total. The lowest BCUT2D eigenvalue weighted by Gasteiger charge is -1.58. The van der Waals surface area contributed by atoms with Crippen molar-refractivity contribution in [3.8, 4) is 0 Å². The maximum Gasteiger partial charge on any atom is 0.0655 e. The van der Waals surface area contributed by atoms with E-state index in [1.54, 1.807) is 0 Å². The van der Waals surface area contributed by atoms with Crippen molar-refractivity contribution in [2.45, 2.75) is 0 Å². The third kappa shape index (κ3) is 3.21. The molecule has 1 N–H and O–H groups in total. The molecular formula is C3H5NO. The van der Waals surface area contributed by atoms with Crippen molar-refractivity contribution >= 4 is 6.21 Å². The van der Waals surface area contributed by atoms with Crippen LogP contribution in [0.2, 0.25) is 0 Å². The summed E-state index contributed by atoms with van der Waals surface area (Å²) in [5, 5.41) is 10.2. The molecule has 0 atom stereocenters. The lowest BCUT2D eigenvalue weighted by Crippen LogP contribution is -1.54. The molecule has 2 heteroatoms. The molecule has 0 aromatic rings. The van der Waals surface area contributed by atoms with Gasteiger partial charge in [-0.1, -0.05) is 11.7 Å². The van der Waals surface area contributed by atoms with Gasteiger partial charge in [-0.2, -0.15) is 0 Å². The molecule has 0 unspecified atom stereocenters. The van der Waals surface area contributed by atoms with Crippen LogP contribution in [0.5, 0.6) is 0 Å². The van der Waals surface area contributed by atoms with Gasteiger partial charge in [0.2, 0.25) is 0 Å². The van der Waals surface area contributed by atoms with E-state index >= 15 is 0 Å². The lowest BCUT2D eigenvalue weighted by atomic mass is 10.7. The van der Waals surface area contributed by atoms with Crippen LogP contribution in [0.1, 0.15) is 0 Å². The van der Waals surface area contributed by atoms with E-state index in [0.29, 0.717) is 0 Å². The Morgan fingerprint density at radius 1 is 1.80 bits per heavy atom. The van der Waals surface area contributed by atoms with Gasteiger partial charge in [-0.15, -0.1) is 0 Å². The summed E-state index contributed by atoms with van der Waals surface area (Å²) in [5.41, 5.74) is 0. The molecule has 0 saturated heterocycles. The molecule has 0 aliphatic rings. The number of rotatable bonds is 1. The van der Waals surface area contributed by atoms with E-state index in [2.05, 4.69) is 11.7 Å². The largest absolute Gasteiger partial charge is 0.411 e. The Balaban J connectivity index is 2.92. The van der Waals surface area contributed by atoms with Gasteiger partial charge in [0.25, 0.3) is 0 Å². The van der Waals surface area contributed by atoms with Crippen molar-refractivity contribution < 1.29 is 5.21 Å².